The molecule has 1 rings (SSSR count). The van der Waals surface area contributed by atoms with Crippen molar-refractivity contribution in [3.63, 3.8) is 0 Å². The third-order valence-electron chi connectivity index (χ3n) is 2.07. The molecule has 0 radical (unpaired) electrons. The fourth-order valence-electron chi connectivity index (χ4n) is 1.19. The molecule has 0 heterocycles. The molecular weight excluding hydrogens is 192 g/mol. The normalized spacial score (nSPS) is 11.3. The average Bonchev–Trinajstić information content (AvgIpc) is 2.26. The molecule has 1 N–H and O–H groups in total. The summed E-state index contributed by atoms with van der Waals surface area (Å²) in [6.07, 6.45) is 0. The van der Waals surface area contributed by atoms with Gasteiger partial charge in [0.1, 0.15) is 0 Å². The first-order valence-corrected chi connectivity index (χ1v) is 4.56. The van der Waals surface area contributed by atoms with Gasteiger partial charge in [-0.2, -0.15) is 0 Å². The van der Waals surface area contributed by atoms with E-state index in [1.165, 1.54) is 5.56 Å². The Morgan fingerprint density at radius 3 is 2.33 bits per heavy atom. The predicted octanol–water partition coefficient (Wildman–Crippen LogP) is 3.26. The van der Waals surface area contributed by atoms with Gasteiger partial charge >= 0.3 is 0 Å². The van der Waals surface area contributed by atoms with Crippen LogP contribution in [0.5, 0.6) is 0 Å². The zero-order chi connectivity index (χ0) is 11.3. The molecular formula is C10H12N4O. The molecule has 0 aromatic heterocycles. The number of hydrogen-bond acceptors (Lipinski definition) is 2. The minimum absolute atomic E-state index is 0.0205. The SMILES string of the molecule is CC(C)c1ccc(C(N=[N+]=[N-])=NO)cc1. The molecule has 1 aromatic carbocycles. The summed E-state index contributed by atoms with van der Waals surface area (Å²) in [5.41, 5.74) is 10.0. The molecule has 1 aromatic rings. The van der Waals surface area contributed by atoms with Gasteiger partial charge in [-0.05, 0) is 22.1 Å². The molecule has 5 heteroatoms. The lowest BCUT2D eigenvalue weighted by Crippen LogP contribution is -1.96. The van der Waals surface area contributed by atoms with E-state index in [9.17, 15) is 0 Å². The monoisotopic (exact) mass is 204 g/mol. The number of oxime groups is 1. The lowest BCUT2D eigenvalue weighted by Gasteiger charge is -2.05. The van der Waals surface area contributed by atoms with Crippen LogP contribution in [0.3, 0.4) is 0 Å². The summed E-state index contributed by atoms with van der Waals surface area (Å²) in [5, 5.41) is 14.8. The van der Waals surface area contributed by atoms with E-state index >= 15 is 0 Å². The van der Waals surface area contributed by atoms with E-state index in [0.717, 1.165) is 0 Å². The summed E-state index contributed by atoms with van der Waals surface area (Å²) in [6, 6.07) is 7.36. The molecule has 0 fully saturated rings. The Kier molecular flexibility index (Phi) is 3.71. The van der Waals surface area contributed by atoms with E-state index in [2.05, 4.69) is 29.0 Å². The first kappa shape index (κ1) is 11.1. The third-order valence-corrected chi connectivity index (χ3v) is 2.07. The van der Waals surface area contributed by atoms with Crippen LogP contribution in [0.4, 0.5) is 0 Å². The van der Waals surface area contributed by atoms with Crippen LogP contribution in [0.2, 0.25) is 0 Å². The maximum Gasteiger partial charge on any atom is 0.173 e. The van der Waals surface area contributed by atoms with Crippen LogP contribution in [0.15, 0.2) is 34.5 Å². The quantitative estimate of drug-likeness (QED) is 0.150. The highest BCUT2D eigenvalue weighted by Crippen LogP contribution is 2.15. The van der Waals surface area contributed by atoms with Crippen molar-refractivity contribution in [2.75, 3.05) is 0 Å². The first-order chi connectivity index (χ1) is 7.19. The van der Waals surface area contributed by atoms with Crippen LogP contribution in [-0.4, -0.2) is 11.0 Å². The summed E-state index contributed by atoms with van der Waals surface area (Å²) in [7, 11) is 0. The van der Waals surface area contributed by atoms with E-state index in [1.54, 1.807) is 12.1 Å². The fraction of sp³-hybridized carbons (Fsp3) is 0.300. The Balaban J connectivity index is 3.02. The van der Waals surface area contributed by atoms with Gasteiger partial charge in [0.05, 0.1) is 0 Å². The number of nitrogens with zero attached hydrogens (tertiary/aromatic N) is 4. The van der Waals surface area contributed by atoms with E-state index in [-0.39, 0.29) is 5.84 Å². The van der Waals surface area contributed by atoms with Gasteiger partial charge in [-0.15, -0.1) is 0 Å². The van der Waals surface area contributed by atoms with Crippen LogP contribution in [-0.2, 0) is 0 Å². The molecule has 0 atom stereocenters. The van der Waals surface area contributed by atoms with Gasteiger partial charge in [0.15, 0.2) is 5.84 Å². The number of rotatable bonds is 2. The Morgan fingerprint density at radius 1 is 1.33 bits per heavy atom. The Morgan fingerprint density at radius 2 is 1.93 bits per heavy atom. The van der Waals surface area contributed by atoms with E-state index in [4.69, 9.17) is 10.7 Å². The van der Waals surface area contributed by atoms with Crippen LogP contribution < -0.4 is 0 Å². The average molecular weight is 204 g/mol. The van der Waals surface area contributed by atoms with E-state index < -0.39 is 0 Å². The summed E-state index contributed by atoms with van der Waals surface area (Å²) >= 11 is 0. The van der Waals surface area contributed by atoms with Gasteiger partial charge < -0.3 is 5.21 Å². The summed E-state index contributed by atoms with van der Waals surface area (Å²) in [5.74, 6) is 0.417. The smallest absolute Gasteiger partial charge is 0.173 e. The highest BCUT2D eigenvalue weighted by atomic mass is 16.4. The third kappa shape index (κ3) is 2.72. The zero-order valence-electron chi connectivity index (χ0n) is 8.62. The highest BCUT2D eigenvalue weighted by molar-refractivity contribution is 5.98. The van der Waals surface area contributed by atoms with Crippen molar-refractivity contribution in [3.05, 3.63) is 45.8 Å². The van der Waals surface area contributed by atoms with Crippen molar-refractivity contribution >= 4 is 5.84 Å². The van der Waals surface area contributed by atoms with Crippen molar-refractivity contribution < 1.29 is 5.21 Å². The molecule has 0 saturated carbocycles. The van der Waals surface area contributed by atoms with Crippen molar-refractivity contribution in [3.8, 4) is 0 Å². The molecule has 0 spiro atoms. The van der Waals surface area contributed by atoms with Gasteiger partial charge in [-0.25, -0.2) is 0 Å². The van der Waals surface area contributed by atoms with Gasteiger partial charge in [-0.1, -0.05) is 43.3 Å². The second kappa shape index (κ2) is 5.02. The molecule has 15 heavy (non-hydrogen) atoms. The number of hydrogen-bond donors (Lipinski definition) is 1. The maximum absolute atomic E-state index is 8.61. The van der Waals surface area contributed by atoms with E-state index in [0.29, 0.717) is 11.5 Å². The summed E-state index contributed by atoms with van der Waals surface area (Å²) in [4.78, 5) is 2.57. The molecule has 0 aliphatic rings. The second-order valence-corrected chi connectivity index (χ2v) is 3.39. The topological polar surface area (TPSA) is 81.4 Å². The van der Waals surface area contributed by atoms with E-state index in [1.807, 2.05) is 12.1 Å². The fourth-order valence-corrected chi connectivity index (χ4v) is 1.19. The lowest BCUT2D eigenvalue weighted by molar-refractivity contribution is 0.318. The minimum Gasteiger partial charge on any atom is -0.410 e. The Bertz CT molecular complexity index is 402. The second-order valence-electron chi connectivity index (χ2n) is 3.39. The molecule has 0 aliphatic carbocycles. The van der Waals surface area contributed by atoms with Crippen molar-refractivity contribution in [1.29, 1.82) is 0 Å². The maximum atomic E-state index is 8.61. The first-order valence-electron chi connectivity index (χ1n) is 4.56. The van der Waals surface area contributed by atoms with Crippen molar-refractivity contribution in [2.24, 2.45) is 10.3 Å². The molecule has 0 amide bonds. The van der Waals surface area contributed by atoms with Gasteiger partial charge in [0, 0.05) is 10.5 Å². The Hall–Kier alpha value is -2.00. The standard InChI is InChI=1S/C10H12N4O/c1-7(2)8-3-5-9(6-4-8)10(13-15)12-14-11/h3-7,15H,1-2H3. The molecule has 0 aliphatic heterocycles. The number of benzene rings is 1. The molecule has 5 nitrogen and oxygen atoms in total. The lowest BCUT2D eigenvalue weighted by atomic mass is 10.0. The molecule has 0 saturated heterocycles. The van der Waals surface area contributed by atoms with Gasteiger partial charge in [0.25, 0.3) is 0 Å². The highest BCUT2D eigenvalue weighted by Gasteiger charge is 2.03. The van der Waals surface area contributed by atoms with Crippen LogP contribution in [0.25, 0.3) is 10.4 Å². The van der Waals surface area contributed by atoms with Gasteiger partial charge in [0.2, 0.25) is 0 Å². The van der Waals surface area contributed by atoms with Crippen LogP contribution >= 0.6 is 0 Å². The Labute approximate surface area is 87.7 Å². The molecule has 0 bridgehead atoms. The van der Waals surface area contributed by atoms with Crippen molar-refractivity contribution in [2.45, 2.75) is 19.8 Å². The van der Waals surface area contributed by atoms with Gasteiger partial charge in [-0.3, -0.25) is 0 Å². The molecule has 78 valence electrons. The van der Waals surface area contributed by atoms with Crippen LogP contribution in [0.1, 0.15) is 30.9 Å². The summed E-state index contributed by atoms with van der Waals surface area (Å²) in [6.45, 7) is 4.17. The number of amidine groups is 1. The largest absolute Gasteiger partial charge is 0.410 e. The minimum atomic E-state index is -0.0205. The molecule has 0 unspecified atom stereocenters. The van der Waals surface area contributed by atoms with Crippen molar-refractivity contribution in [1.82, 2.24) is 0 Å². The number of azide groups is 1. The predicted molar refractivity (Wildman–Crippen MR) is 58.0 cm³/mol. The summed E-state index contributed by atoms with van der Waals surface area (Å²) < 4.78 is 0. The van der Waals surface area contributed by atoms with Crippen LogP contribution in [0, 0.1) is 0 Å². The zero-order valence-corrected chi connectivity index (χ0v) is 8.62.